The highest BCUT2D eigenvalue weighted by Gasteiger charge is 2.27. The first-order valence-corrected chi connectivity index (χ1v) is 7.40. The van der Waals surface area contributed by atoms with Gasteiger partial charge in [-0.15, -0.1) is 14.8 Å². The molecular weight excluding hydrogens is 270 g/mol. The molecule has 0 spiro atoms. The Kier molecular flexibility index (Phi) is 3.98. The summed E-state index contributed by atoms with van der Waals surface area (Å²) in [5.74, 6) is 0.893. The molecule has 0 radical (unpaired) electrons. The maximum Gasteiger partial charge on any atom is 0.200 e. The lowest BCUT2D eigenvalue weighted by Gasteiger charge is -2.42. The van der Waals surface area contributed by atoms with E-state index < -0.39 is 0 Å². The minimum Gasteiger partial charge on any atom is -0.392 e. The van der Waals surface area contributed by atoms with Gasteiger partial charge in [-0.2, -0.15) is 0 Å². The number of aliphatic hydroxyl groups excluding tert-OH is 1. The zero-order valence-corrected chi connectivity index (χ0v) is 12.4. The van der Waals surface area contributed by atoms with Crippen molar-refractivity contribution in [3.63, 3.8) is 0 Å². The van der Waals surface area contributed by atoms with Crippen molar-refractivity contribution in [2.45, 2.75) is 32.4 Å². The SMILES string of the molecule is CC[C@H]1CN(c2ccc3nnnn3n2)CCN1C[C@@H](C)O. The summed E-state index contributed by atoms with van der Waals surface area (Å²) in [4.78, 5) is 4.62. The van der Waals surface area contributed by atoms with E-state index in [4.69, 9.17) is 0 Å². The predicted molar refractivity (Wildman–Crippen MR) is 78.1 cm³/mol. The summed E-state index contributed by atoms with van der Waals surface area (Å²) in [5.41, 5.74) is 0.651. The van der Waals surface area contributed by atoms with Gasteiger partial charge in [0.1, 0.15) is 0 Å². The van der Waals surface area contributed by atoms with E-state index in [1.807, 2.05) is 19.1 Å². The van der Waals surface area contributed by atoms with Gasteiger partial charge in [0.05, 0.1) is 6.10 Å². The fraction of sp³-hybridized carbons (Fsp3) is 0.692. The molecular formula is C13H21N7O. The molecule has 8 heteroatoms. The van der Waals surface area contributed by atoms with Gasteiger partial charge in [-0.1, -0.05) is 6.92 Å². The molecule has 1 fully saturated rings. The molecule has 1 aliphatic heterocycles. The molecule has 2 atom stereocenters. The third-order valence-electron chi connectivity index (χ3n) is 3.95. The number of tetrazole rings is 1. The van der Waals surface area contributed by atoms with E-state index in [0.717, 1.165) is 38.4 Å². The molecule has 0 saturated carbocycles. The molecule has 1 saturated heterocycles. The van der Waals surface area contributed by atoms with Gasteiger partial charge in [0.2, 0.25) is 0 Å². The number of nitrogens with zero attached hydrogens (tertiary/aromatic N) is 7. The van der Waals surface area contributed by atoms with E-state index in [2.05, 4.69) is 37.3 Å². The average Bonchev–Trinajstić information content (AvgIpc) is 2.94. The van der Waals surface area contributed by atoms with E-state index in [0.29, 0.717) is 11.7 Å². The van der Waals surface area contributed by atoms with Crippen LogP contribution < -0.4 is 4.90 Å². The number of fused-ring (bicyclic) bond motifs is 1. The number of β-amino-alcohol motifs (C(OH)–C–C–N with tert-alkyl or cyclic N) is 1. The number of piperazine rings is 1. The van der Waals surface area contributed by atoms with Crippen LogP contribution in [0.5, 0.6) is 0 Å². The summed E-state index contributed by atoms with van der Waals surface area (Å²) in [7, 11) is 0. The van der Waals surface area contributed by atoms with Crippen molar-refractivity contribution in [2.75, 3.05) is 31.1 Å². The summed E-state index contributed by atoms with van der Waals surface area (Å²) >= 11 is 0. The van der Waals surface area contributed by atoms with Crippen molar-refractivity contribution in [1.29, 1.82) is 0 Å². The van der Waals surface area contributed by atoms with Crippen LogP contribution in [0.1, 0.15) is 20.3 Å². The van der Waals surface area contributed by atoms with Gasteiger partial charge in [0, 0.05) is 32.2 Å². The van der Waals surface area contributed by atoms with Gasteiger partial charge in [-0.25, -0.2) is 0 Å². The number of aliphatic hydroxyl groups is 1. The van der Waals surface area contributed by atoms with E-state index in [1.54, 1.807) is 0 Å². The van der Waals surface area contributed by atoms with Gasteiger partial charge in [-0.3, -0.25) is 4.90 Å². The monoisotopic (exact) mass is 291 g/mol. The van der Waals surface area contributed by atoms with Crippen LogP contribution in [0.15, 0.2) is 12.1 Å². The predicted octanol–water partition coefficient (Wildman–Crippen LogP) is -0.199. The third kappa shape index (κ3) is 2.96. The van der Waals surface area contributed by atoms with Crippen LogP contribution >= 0.6 is 0 Å². The highest BCUT2D eigenvalue weighted by atomic mass is 16.3. The summed E-state index contributed by atoms with van der Waals surface area (Å²) in [6, 6.07) is 4.27. The Balaban J connectivity index is 1.75. The quantitative estimate of drug-likeness (QED) is 0.835. The van der Waals surface area contributed by atoms with Crippen molar-refractivity contribution in [3.05, 3.63) is 12.1 Å². The lowest BCUT2D eigenvalue weighted by molar-refractivity contribution is 0.0884. The summed E-state index contributed by atoms with van der Waals surface area (Å²) in [6.07, 6.45) is 0.761. The number of hydrogen-bond donors (Lipinski definition) is 1. The van der Waals surface area contributed by atoms with E-state index >= 15 is 0 Å². The number of hydrogen-bond acceptors (Lipinski definition) is 7. The molecule has 8 nitrogen and oxygen atoms in total. The van der Waals surface area contributed by atoms with Crippen molar-refractivity contribution in [2.24, 2.45) is 0 Å². The topological polar surface area (TPSA) is 82.7 Å². The van der Waals surface area contributed by atoms with Crippen LogP contribution in [0.4, 0.5) is 5.82 Å². The Labute approximate surface area is 123 Å². The fourth-order valence-corrected chi connectivity index (χ4v) is 2.88. The van der Waals surface area contributed by atoms with Gasteiger partial charge < -0.3 is 10.0 Å². The van der Waals surface area contributed by atoms with E-state index in [1.165, 1.54) is 4.63 Å². The smallest absolute Gasteiger partial charge is 0.200 e. The van der Waals surface area contributed by atoms with Gasteiger partial charge >= 0.3 is 0 Å². The number of anilines is 1. The van der Waals surface area contributed by atoms with Crippen LogP contribution in [0.25, 0.3) is 5.65 Å². The van der Waals surface area contributed by atoms with Crippen LogP contribution in [-0.2, 0) is 0 Å². The molecule has 3 heterocycles. The first-order valence-electron chi connectivity index (χ1n) is 7.40. The molecule has 0 aliphatic carbocycles. The Bertz CT molecular complexity index is 599. The summed E-state index contributed by atoms with van der Waals surface area (Å²) < 4.78 is 1.46. The maximum absolute atomic E-state index is 9.60. The maximum atomic E-state index is 9.60. The van der Waals surface area contributed by atoms with E-state index in [-0.39, 0.29) is 6.10 Å². The molecule has 1 N–H and O–H groups in total. The molecule has 0 amide bonds. The van der Waals surface area contributed by atoms with Crippen molar-refractivity contribution < 1.29 is 5.11 Å². The van der Waals surface area contributed by atoms with Gasteiger partial charge in [-0.05, 0) is 35.9 Å². The minimum atomic E-state index is -0.290. The average molecular weight is 291 g/mol. The van der Waals surface area contributed by atoms with E-state index in [9.17, 15) is 5.11 Å². The molecule has 0 aromatic carbocycles. The highest BCUT2D eigenvalue weighted by molar-refractivity contribution is 5.44. The second-order valence-corrected chi connectivity index (χ2v) is 5.57. The molecule has 0 unspecified atom stereocenters. The second kappa shape index (κ2) is 5.90. The van der Waals surface area contributed by atoms with Gasteiger partial charge in [0.15, 0.2) is 11.5 Å². The first-order chi connectivity index (χ1) is 10.2. The first kappa shape index (κ1) is 14.2. The van der Waals surface area contributed by atoms with Crippen molar-refractivity contribution in [3.8, 4) is 0 Å². The molecule has 2 aromatic rings. The molecule has 2 aromatic heterocycles. The minimum absolute atomic E-state index is 0.290. The Morgan fingerprint density at radius 3 is 3.00 bits per heavy atom. The van der Waals surface area contributed by atoms with Crippen LogP contribution in [0, 0.1) is 0 Å². The van der Waals surface area contributed by atoms with Crippen molar-refractivity contribution >= 4 is 11.5 Å². The highest BCUT2D eigenvalue weighted by Crippen LogP contribution is 2.19. The van der Waals surface area contributed by atoms with Gasteiger partial charge in [0.25, 0.3) is 0 Å². The Morgan fingerprint density at radius 2 is 2.24 bits per heavy atom. The standard InChI is InChI=1S/C13H21N7O/c1-3-11-9-19(7-6-18(11)8-10(2)21)13-5-4-12-14-16-17-20(12)15-13/h4-5,10-11,21H,3,6-9H2,1-2H3/t10-,11+/m1/s1. The zero-order valence-electron chi connectivity index (χ0n) is 12.4. The molecule has 114 valence electrons. The lowest BCUT2D eigenvalue weighted by atomic mass is 10.1. The second-order valence-electron chi connectivity index (χ2n) is 5.57. The molecule has 3 rings (SSSR count). The number of rotatable bonds is 4. The van der Waals surface area contributed by atoms with Crippen LogP contribution in [0.2, 0.25) is 0 Å². The fourth-order valence-electron chi connectivity index (χ4n) is 2.88. The normalized spacial score (nSPS) is 21.9. The Hall–Kier alpha value is -1.80. The summed E-state index contributed by atoms with van der Waals surface area (Å²) in [6.45, 7) is 7.48. The van der Waals surface area contributed by atoms with Crippen LogP contribution in [-0.4, -0.2) is 73.6 Å². The molecule has 21 heavy (non-hydrogen) atoms. The number of aromatic nitrogens is 5. The Morgan fingerprint density at radius 1 is 1.38 bits per heavy atom. The third-order valence-corrected chi connectivity index (χ3v) is 3.95. The largest absolute Gasteiger partial charge is 0.392 e. The van der Waals surface area contributed by atoms with Crippen molar-refractivity contribution in [1.82, 2.24) is 30.2 Å². The lowest BCUT2D eigenvalue weighted by Crippen LogP contribution is -2.54. The van der Waals surface area contributed by atoms with Crippen LogP contribution in [0.3, 0.4) is 0 Å². The molecule has 1 aliphatic rings. The zero-order chi connectivity index (χ0) is 14.8. The summed E-state index contributed by atoms with van der Waals surface area (Å²) in [5, 5.41) is 25.4. The molecule has 0 bridgehead atoms.